The number of nitrogens with one attached hydrogen (secondary N) is 1. The zero-order valence-electron chi connectivity index (χ0n) is 23.7. The molecule has 0 amide bonds. The van der Waals surface area contributed by atoms with Crippen LogP contribution in [0.25, 0.3) is 42.3 Å². The summed E-state index contributed by atoms with van der Waals surface area (Å²) in [6, 6.07) is 20.3. The molecule has 8 nitrogen and oxygen atoms in total. The standard InChI is InChI=1S/C33H35N3O5S/c1-2-22-20-40-16-13-36(22)19-30(38)34-21-9-10-29-27(17-21)25-7-4-6-24(33(25)42-29)23-5-3-8-26-28(37)18-31(41-32(23)26)35-11-14-39-15-12-35/h3-10,17-18,22,30,34,38H,2,11-16,19-20H2,1H3. The van der Waals surface area contributed by atoms with Crippen molar-refractivity contribution in [3.63, 3.8) is 0 Å². The number of nitrogens with zero attached hydrogens (tertiary/aromatic N) is 2. The summed E-state index contributed by atoms with van der Waals surface area (Å²) in [7, 11) is 0. The van der Waals surface area contributed by atoms with Gasteiger partial charge in [-0.2, -0.15) is 0 Å². The summed E-state index contributed by atoms with van der Waals surface area (Å²) in [4.78, 5) is 17.5. The van der Waals surface area contributed by atoms with Gasteiger partial charge in [0.05, 0.1) is 31.8 Å². The molecule has 2 aromatic heterocycles. The summed E-state index contributed by atoms with van der Waals surface area (Å²) in [5.74, 6) is 0.586. The van der Waals surface area contributed by atoms with Crippen LogP contribution in [0.1, 0.15) is 13.3 Å². The molecule has 2 N–H and O–H groups in total. The summed E-state index contributed by atoms with van der Waals surface area (Å²) < 4.78 is 19.9. The summed E-state index contributed by atoms with van der Waals surface area (Å²) in [5, 5.41) is 17.0. The van der Waals surface area contributed by atoms with Crippen molar-refractivity contribution in [3.8, 4) is 11.1 Å². The van der Waals surface area contributed by atoms with Crippen LogP contribution in [0.15, 0.2) is 69.9 Å². The van der Waals surface area contributed by atoms with Crippen LogP contribution in [0.5, 0.6) is 0 Å². The molecule has 0 radical (unpaired) electrons. The molecule has 7 rings (SSSR count). The average Bonchev–Trinajstić information content (AvgIpc) is 3.40. The zero-order valence-corrected chi connectivity index (χ0v) is 24.5. The minimum absolute atomic E-state index is 0.0419. The van der Waals surface area contributed by atoms with Gasteiger partial charge in [-0.25, -0.2) is 0 Å². The first-order valence-corrected chi connectivity index (χ1v) is 15.5. The number of benzene rings is 3. The lowest BCUT2D eigenvalue weighted by molar-refractivity contribution is -0.0236. The molecule has 2 fully saturated rings. The fraction of sp³-hybridized carbons (Fsp3) is 0.364. The first-order valence-electron chi connectivity index (χ1n) is 14.7. The maximum absolute atomic E-state index is 13.2. The number of morpholine rings is 2. The van der Waals surface area contributed by atoms with Crippen molar-refractivity contribution in [2.75, 3.05) is 62.8 Å². The van der Waals surface area contributed by atoms with Gasteiger partial charge in [-0.1, -0.05) is 37.3 Å². The molecule has 0 aliphatic carbocycles. The Hall–Kier alpha value is -3.47. The van der Waals surface area contributed by atoms with Crippen LogP contribution in [0, 0.1) is 0 Å². The number of aliphatic hydroxyl groups excluding tert-OH is 1. The molecule has 4 heterocycles. The zero-order chi connectivity index (χ0) is 28.6. The maximum Gasteiger partial charge on any atom is 0.200 e. The Morgan fingerprint density at radius 2 is 1.74 bits per heavy atom. The lowest BCUT2D eigenvalue weighted by Crippen LogP contribution is -2.49. The highest BCUT2D eigenvalue weighted by atomic mass is 32.1. The van der Waals surface area contributed by atoms with Gasteiger partial charge in [0.2, 0.25) is 0 Å². The van der Waals surface area contributed by atoms with Gasteiger partial charge in [0, 0.05) is 75.3 Å². The second kappa shape index (κ2) is 11.7. The predicted octanol–water partition coefficient (Wildman–Crippen LogP) is 5.51. The van der Waals surface area contributed by atoms with Crippen molar-refractivity contribution >= 4 is 54.0 Å². The van der Waals surface area contributed by atoms with Gasteiger partial charge in [-0.3, -0.25) is 9.69 Å². The smallest absolute Gasteiger partial charge is 0.200 e. The highest BCUT2D eigenvalue weighted by molar-refractivity contribution is 7.26. The van der Waals surface area contributed by atoms with Crippen LogP contribution < -0.4 is 15.6 Å². The molecule has 218 valence electrons. The number of hydrogen-bond donors (Lipinski definition) is 2. The second-order valence-electron chi connectivity index (χ2n) is 11.0. The lowest BCUT2D eigenvalue weighted by Gasteiger charge is -2.36. The van der Waals surface area contributed by atoms with Crippen LogP contribution in [0.4, 0.5) is 11.6 Å². The van der Waals surface area contributed by atoms with E-state index in [0.717, 1.165) is 50.0 Å². The quantitative estimate of drug-likeness (QED) is 0.242. The monoisotopic (exact) mass is 585 g/mol. The molecule has 42 heavy (non-hydrogen) atoms. The van der Waals surface area contributed by atoms with Gasteiger partial charge in [0.25, 0.3) is 0 Å². The van der Waals surface area contributed by atoms with E-state index in [1.165, 1.54) is 0 Å². The van der Waals surface area contributed by atoms with E-state index in [1.807, 2.05) is 24.3 Å². The topological polar surface area (TPSA) is 87.4 Å². The van der Waals surface area contributed by atoms with Crippen LogP contribution in [-0.4, -0.2) is 74.9 Å². The third-order valence-corrected chi connectivity index (χ3v) is 9.63. The van der Waals surface area contributed by atoms with Crippen LogP contribution >= 0.6 is 11.3 Å². The molecule has 2 atom stereocenters. The molecule has 2 unspecified atom stereocenters. The van der Waals surface area contributed by atoms with E-state index in [1.54, 1.807) is 17.4 Å². The number of aliphatic hydroxyl groups is 1. The number of β-amino-alcohol motifs (C(OH)–C–C–N with tert-alkyl or cyclic N) is 1. The van der Waals surface area contributed by atoms with E-state index in [9.17, 15) is 9.90 Å². The first kappa shape index (κ1) is 27.4. The molecule has 3 aromatic carbocycles. The number of rotatable bonds is 7. The second-order valence-corrected chi connectivity index (χ2v) is 12.1. The highest BCUT2D eigenvalue weighted by Crippen LogP contribution is 2.42. The fourth-order valence-electron chi connectivity index (χ4n) is 6.18. The lowest BCUT2D eigenvalue weighted by atomic mass is 10.0. The van der Waals surface area contributed by atoms with Crippen molar-refractivity contribution in [1.29, 1.82) is 0 Å². The van der Waals surface area contributed by atoms with Crippen molar-refractivity contribution in [3.05, 3.63) is 70.9 Å². The summed E-state index contributed by atoms with van der Waals surface area (Å²) in [6.07, 6.45) is 0.311. The van der Waals surface area contributed by atoms with Gasteiger partial charge in [-0.15, -0.1) is 11.3 Å². The van der Waals surface area contributed by atoms with Gasteiger partial charge < -0.3 is 29.2 Å². The summed E-state index contributed by atoms with van der Waals surface area (Å²) in [5.41, 5.74) is 3.39. The van der Waals surface area contributed by atoms with Gasteiger partial charge >= 0.3 is 0 Å². The fourth-order valence-corrected chi connectivity index (χ4v) is 7.39. The van der Waals surface area contributed by atoms with Crippen molar-refractivity contribution < 1.29 is 19.0 Å². The number of para-hydroxylation sites is 1. The molecule has 5 aromatic rings. The Bertz CT molecular complexity index is 1790. The Morgan fingerprint density at radius 1 is 0.952 bits per heavy atom. The average molecular weight is 586 g/mol. The molecule has 0 spiro atoms. The molecule has 2 aliphatic rings. The van der Waals surface area contributed by atoms with Crippen molar-refractivity contribution in [1.82, 2.24) is 4.90 Å². The Morgan fingerprint density at radius 3 is 2.57 bits per heavy atom. The van der Waals surface area contributed by atoms with Crippen molar-refractivity contribution in [2.24, 2.45) is 0 Å². The number of thiophene rings is 1. The first-order chi connectivity index (χ1) is 20.6. The molecule has 0 bridgehead atoms. The molecule has 9 heteroatoms. The van der Waals surface area contributed by atoms with Crippen LogP contribution in [-0.2, 0) is 9.47 Å². The third-order valence-electron chi connectivity index (χ3n) is 8.41. The number of anilines is 2. The molecule has 0 saturated carbocycles. The van der Waals surface area contributed by atoms with Crippen LogP contribution in [0.3, 0.4) is 0 Å². The number of ether oxygens (including phenoxy) is 2. The molecular weight excluding hydrogens is 550 g/mol. The minimum atomic E-state index is -0.686. The Balaban J connectivity index is 1.24. The summed E-state index contributed by atoms with van der Waals surface area (Å²) in [6.45, 7) is 7.57. The molecule has 2 aliphatic heterocycles. The van der Waals surface area contributed by atoms with Crippen molar-refractivity contribution in [2.45, 2.75) is 25.6 Å². The molecular formula is C33H35N3O5S. The van der Waals surface area contributed by atoms with E-state index in [-0.39, 0.29) is 5.43 Å². The largest absolute Gasteiger partial charge is 0.440 e. The number of fused-ring (bicyclic) bond motifs is 4. The maximum atomic E-state index is 13.2. The normalized spacial score (nSPS) is 19.1. The minimum Gasteiger partial charge on any atom is -0.440 e. The van der Waals surface area contributed by atoms with E-state index in [2.05, 4.69) is 52.4 Å². The summed E-state index contributed by atoms with van der Waals surface area (Å²) >= 11 is 1.73. The van der Waals surface area contributed by atoms with E-state index >= 15 is 0 Å². The van der Waals surface area contributed by atoms with Gasteiger partial charge in [-0.05, 0) is 30.7 Å². The van der Waals surface area contributed by atoms with Crippen LogP contribution in [0.2, 0.25) is 0 Å². The Kier molecular flexibility index (Phi) is 7.60. The van der Waals surface area contributed by atoms with E-state index in [0.29, 0.717) is 69.0 Å². The SMILES string of the molecule is CCC1COCCN1CC(O)Nc1ccc2sc3c(-c4cccc5c(=O)cc(N6CCOCC6)oc45)cccc3c2c1. The van der Waals surface area contributed by atoms with E-state index in [4.69, 9.17) is 13.9 Å². The van der Waals surface area contributed by atoms with E-state index < -0.39 is 6.23 Å². The van der Waals surface area contributed by atoms with Gasteiger partial charge in [0.15, 0.2) is 11.3 Å². The van der Waals surface area contributed by atoms with Gasteiger partial charge in [0.1, 0.15) is 11.8 Å². The highest BCUT2D eigenvalue weighted by Gasteiger charge is 2.24. The third kappa shape index (κ3) is 5.16. The predicted molar refractivity (Wildman–Crippen MR) is 170 cm³/mol. The number of hydrogen-bond acceptors (Lipinski definition) is 9. The Labute approximate surface area is 248 Å². The molecule has 2 saturated heterocycles.